The number of alkyl halides is 5. The van der Waals surface area contributed by atoms with Gasteiger partial charge in [0.1, 0.15) is 5.75 Å². The van der Waals surface area contributed by atoms with Gasteiger partial charge in [-0.3, -0.25) is 0 Å². The van der Waals surface area contributed by atoms with E-state index >= 15 is 4.39 Å². The van der Waals surface area contributed by atoms with Crippen molar-refractivity contribution in [2.45, 2.75) is 32.2 Å². The highest BCUT2D eigenvalue weighted by Gasteiger charge is 2.36. The van der Waals surface area contributed by atoms with Gasteiger partial charge in [-0.05, 0) is 59.3 Å². The van der Waals surface area contributed by atoms with E-state index in [1.165, 1.54) is 12.1 Å². The zero-order valence-electron chi connectivity index (χ0n) is 19.7. The molecule has 4 aromatic carbocycles. The number of halogens is 10. The zero-order chi connectivity index (χ0) is 28.7. The van der Waals surface area contributed by atoms with Crippen LogP contribution in [0.4, 0.5) is 39.5 Å². The largest absolute Gasteiger partial charge is 0.573 e. The third kappa shape index (κ3) is 5.88. The molecule has 0 unspecified atom stereocenters. The van der Waals surface area contributed by atoms with E-state index in [0.29, 0.717) is 18.6 Å². The van der Waals surface area contributed by atoms with Crippen molar-refractivity contribution in [1.82, 2.24) is 0 Å². The van der Waals surface area contributed by atoms with Gasteiger partial charge in [0.2, 0.25) is 5.75 Å². The van der Waals surface area contributed by atoms with Crippen LogP contribution >= 0.6 is 11.6 Å². The summed E-state index contributed by atoms with van der Waals surface area (Å²) in [4.78, 5) is 0. The first-order chi connectivity index (χ1) is 18.2. The number of aryl methyl sites for hydroxylation is 1. The number of hydrogen-bond donors (Lipinski definition) is 0. The fourth-order valence-corrected chi connectivity index (χ4v) is 4.22. The van der Waals surface area contributed by atoms with Gasteiger partial charge < -0.3 is 9.47 Å². The molecular formula is C27H16ClF9O2. The van der Waals surface area contributed by atoms with E-state index < -0.39 is 74.3 Å². The second-order valence-corrected chi connectivity index (χ2v) is 8.79. The summed E-state index contributed by atoms with van der Waals surface area (Å²) in [5.74, 6) is -9.46. The maximum Gasteiger partial charge on any atom is 0.573 e. The Bertz CT molecular complexity index is 1510. The van der Waals surface area contributed by atoms with Crippen molar-refractivity contribution < 1.29 is 49.0 Å². The molecule has 0 aromatic heterocycles. The molecule has 206 valence electrons. The topological polar surface area (TPSA) is 18.5 Å². The minimum atomic E-state index is -5.41. The molecule has 0 heterocycles. The van der Waals surface area contributed by atoms with E-state index in [2.05, 4.69) is 4.74 Å². The average molecular weight is 579 g/mol. The molecule has 0 aliphatic rings. The van der Waals surface area contributed by atoms with Gasteiger partial charge in [-0.2, -0.15) is 8.78 Å². The second-order valence-electron chi connectivity index (χ2n) is 8.41. The highest BCUT2D eigenvalue weighted by atomic mass is 35.5. The predicted octanol–water partition coefficient (Wildman–Crippen LogP) is 9.70. The number of ether oxygens (including phenoxy) is 2. The Kier molecular flexibility index (Phi) is 7.66. The predicted molar refractivity (Wildman–Crippen MR) is 126 cm³/mol. The molecule has 39 heavy (non-hydrogen) atoms. The van der Waals surface area contributed by atoms with E-state index in [1.54, 1.807) is 0 Å². The molecule has 4 aromatic rings. The van der Waals surface area contributed by atoms with Crippen molar-refractivity contribution in [3.05, 3.63) is 94.0 Å². The molecular weight excluding hydrogens is 563 g/mol. The maximum atomic E-state index is 15.1. The third-order valence-corrected chi connectivity index (χ3v) is 6.06. The number of benzene rings is 4. The van der Waals surface area contributed by atoms with E-state index in [1.807, 2.05) is 6.92 Å². The molecule has 12 heteroatoms. The molecule has 0 spiro atoms. The molecule has 0 amide bonds. The number of hydrogen-bond acceptors (Lipinski definition) is 2. The van der Waals surface area contributed by atoms with E-state index in [-0.39, 0.29) is 5.39 Å². The smallest absolute Gasteiger partial charge is 0.427 e. The van der Waals surface area contributed by atoms with Crippen LogP contribution in [-0.2, 0) is 12.5 Å². The van der Waals surface area contributed by atoms with Crippen molar-refractivity contribution in [2.24, 2.45) is 0 Å². The summed E-state index contributed by atoms with van der Waals surface area (Å²) in [6.45, 7) is 1.93. The number of rotatable bonds is 7. The Hall–Kier alpha value is -3.60. The Morgan fingerprint density at radius 2 is 1.38 bits per heavy atom. The van der Waals surface area contributed by atoms with Gasteiger partial charge in [0, 0.05) is 10.9 Å². The minimum Gasteiger partial charge on any atom is -0.427 e. The van der Waals surface area contributed by atoms with Gasteiger partial charge in [0.25, 0.3) is 0 Å². The third-order valence-electron chi connectivity index (χ3n) is 5.68. The van der Waals surface area contributed by atoms with Crippen LogP contribution in [-0.4, -0.2) is 6.36 Å². The lowest BCUT2D eigenvalue weighted by molar-refractivity contribution is -0.276. The van der Waals surface area contributed by atoms with Gasteiger partial charge >= 0.3 is 12.5 Å². The maximum absolute atomic E-state index is 15.1. The Morgan fingerprint density at radius 1 is 0.769 bits per heavy atom. The SMILES string of the molecule is CCCc1ccc(C(F)(F)Oc2ccc3cc(-c4cc(F)c(OC(F)(F)F)c(F)c4)c(F)c(F)c3c2Cl)cc1. The first kappa shape index (κ1) is 28.4. The minimum absolute atomic E-state index is 0.176. The lowest BCUT2D eigenvalue weighted by Gasteiger charge is -2.20. The highest BCUT2D eigenvalue weighted by molar-refractivity contribution is 6.37. The van der Waals surface area contributed by atoms with Crippen LogP contribution in [0.2, 0.25) is 5.02 Å². The molecule has 0 aliphatic carbocycles. The van der Waals surface area contributed by atoms with E-state index in [4.69, 9.17) is 16.3 Å². The molecule has 0 aliphatic heterocycles. The van der Waals surface area contributed by atoms with Crippen LogP contribution in [0.15, 0.2) is 54.6 Å². The summed E-state index contributed by atoms with van der Waals surface area (Å²) in [5.41, 5.74) is -1.08. The fraction of sp³-hybridized carbons (Fsp3) is 0.185. The van der Waals surface area contributed by atoms with Crippen LogP contribution in [0, 0.1) is 23.3 Å². The fourth-order valence-electron chi connectivity index (χ4n) is 3.93. The summed E-state index contributed by atoms with van der Waals surface area (Å²) in [6, 6.07) is 8.88. The van der Waals surface area contributed by atoms with Crippen LogP contribution in [0.5, 0.6) is 11.5 Å². The quantitative estimate of drug-likeness (QED) is 0.203. The molecule has 0 fully saturated rings. The standard InChI is InChI=1S/C27H16ClF9O2/c1-2-3-13-4-7-16(8-5-13)26(33,34)38-20-9-6-14-10-17(23(31)24(32)21(14)22(20)28)15-11-18(29)25(19(30)12-15)39-27(35,36)37/h4-12H,2-3H2,1H3. The normalized spacial score (nSPS) is 12.2. The van der Waals surface area contributed by atoms with Gasteiger partial charge in [-0.1, -0.05) is 43.1 Å². The van der Waals surface area contributed by atoms with Gasteiger partial charge in [-0.15, -0.1) is 13.2 Å². The second kappa shape index (κ2) is 10.5. The molecule has 0 N–H and O–H groups in total. The first-order valence-electron chi connectivity index (χ1n) is 11.2. The zero-order valence-corrected chi connectivity index (χ0v) is 20.5. The van der Waals surface area contributed by atoms with Crippen LogP contribution < -0.4 is 9.47 Å². The Balaban J connectivity index is 1.73. The average Bonchev–Trinajstić information content (AvgIpc) is 2.85. The van der Waals surface area contributed by atoms with Crippen molar-refractivity contribution in [1.29, 1.82) is 0 Å². The van der Waals surface area contributed by atoms with Crippen molar-refractivity contribution >= 4 is 22.4 Å². The van der Waals surface area contributed by atoms with Gasteiger partial charge in [-0.25, -0.2) is 17.6 Å². The summed E-state index contributed by atoms with van der Waals surface area (Å²) in [5, 5.41) is -1.54. The number of fused-ring (bicyclic) bond motifs is 1. The monoisotopic (exact) mass is 578 g/mol. The molecule has 0 saturated carbocycles. The highest BCUT2D eigenvalue weighted by Crippen LogP contribution is 2.42. The van der Waals surface area contributed by atoms with Crippen LogP contribution in [0.1, 0.15) is 24.5 Å². The summed E-state index contributed by atoms with van der Waals surface area (Å²) < 4.78 is 133. The van der Waals surface area contributed by atoms with Crippen molar-refractivity contribution in [3.63, 3.8) is 0 Å². The van der Waals surface area contributed by atoms with E-state index in [0.717, 1.165) is 42.3 Å². The lowest BCUT2D eigenvalue weighted by atomic mass is 9.99. The van der Waals surface area contributed by atoms with Gasteiger partial charge in [0.15, 0.2) is 23.3 Å². The summed E-state index contributed by atoms with van der Waals surface area (Å²) in [6.07, 6.45) is -7.81. The van der Waals surface area contributed by atoms with Crippen LogP contribution in [0.25, 0.3) is 21.9 Å². The first-order valence-corrected chi connectivity index (χ1v) is 11.6. The molecule has 0 saturated heterocycles. The lowest BCUT2D eigenvalue weighted by Crippen LogP contribution is -2.22. The molecule has 0 radical (unpaired) electrons. The summed E-state index contributed by atoms with van der Waals surface area (Å²) in [7, 11) is 0. The molecule has 0 bridgehead atoms. The van der Waals surface area contributed by atoms with E-state index in [9.17, 15) is 35.1 Å². The Labute approximate surface area is 220 Å². The molecule has 0 atom stereocenters. The van der Waals surface area contributed by atoms with Gasteiger partial charge in [0.05, 0.1) is 10.6 Å². The Morgan fingerprint density at radius 3 is 1.95 bits per heavy atom. The molecule has 2 nitrogen and oxygen atoms in total. The van der Waals surface area contributed by atoms with Crippen LogP contribution in [0.3, 0.4) is 0 Å². The van der Waals surface area contributed by atoms with Crippen molar-refractivity contribution in [2.75, 3.05) is 0 Å². The molecule has 4 rings (SSSR count). The summed E-state index contributed by atoms with van der Waals surface area (Å²) >= 11 is 6.10. The van der Waals surface area contributed by atoms with Crippen molar-refractivity contribution in [3.8, 4) is 22.6 Å².